The van der Waals surface area contributed by atoms with E-state index in [1.165, 1.54) is 10.9 Å². The topological polar surface area (TPSA) is 66.9 Å². The summed E-state index contributed by atoms with van der Waals surface area (Å²) in [5.74, 6) is 0.274. The van der Waals surface area contributed by atoms with E-state index in [1.807, 2.05) is 53.4 Å². The van der Waals surface area contributed by atoms with Crippen LogP contribution >= 0.6 is 0 Å². The summed E-state index contributed by atoms with van der Waals surface area (Å²) in [4.78, 5) is 27.9. The molecule has 5 nitrogen and oxygen atoms in total. The minimum absolute atomic E-state index is 0.0453. The average molecular weight is 456 g/mol. The number of para-hydroxylation sites is 1. The standard InChI is InChI=1S/C29H33N3O2/c1-22(33)12-4-2-7-17-27(32-20-10-11-21-32)29(34)30-19-18-25-24-15-8-9-16-26(24)31-28(25)23-13-5-3-6-14-23/h3,5-6,8-11,13-16,20-21,27,31H,2,4,7,12,17-19H2,1H3,(H,30,34)/t27-/m0/s1. The molecule has 0 aliphatic carbocycles. The van der Waals surface area contributed by atoms with Crippen molar-refractivity contribution in [3.05, 3.63) is 84.7 Å². The fraction of sp³-hybridized carbons (Fsp3) is 0.310. The van der Waals surface area contributed by atoms with Gasteiger partial charge in [-0.05, 0) is 55.5 Å². The molecule has 0 saturated carbocycles. The van der Waals surface area contributed by atoms with Crippen LogP contribution in [0.25, 0.3) is 22.2 Å². The monoisotopic (exact) mass is 455 g/mol. The van der Waals surface area contributed by atoms with Gasteiger partial charge in [0.1, 0.15) is 11.8 Å². The highest BCUT2D eigenvalue weighted by atomic mass is 16.2. The molecule has 1 atom stereocenters. The summed E-state index contributed by atoms with van der Waals surface area (Å²) in [6.45, 7) is 2.20. The van der Waals surface area contributed by atoms with Crippen LogP contribution in [0, 0.1) is 0 Å². The number of rotatable bonds is 12. The summed E-state index contributed by atoms with van der Waals surface area (Å²) in [7, 11) is 0. The van der Waals surface area contributed by atoms with Crippen molar-refractivity contribution in [3.63, 3.8) is 0 Å². The van der Waals surface area contributed by atoms with E-state index in [4.69, 9.17) is 0 Å². The molecule has 2 heterocycles. The molecule has 4 aromatic rings. The maximum absolute atomic E-state index is 13.2. The quantitative estimate of drug-likeness (QED) is 0.254. The number of Topliss-reactive ketones (excluding diaryl/α,β-unsaturated/α-hetero) is 1. The summed E-state index contributed by atoms with van der Waals surface area (Å²) in [5, 5.41) is 4.38. The van der Waals surface area contributed by atoms with E-state index in [1.54, 1.807) is 6.92 Å². The largest absolute Gasteiger partial charge is 0.354 e. The number of amides is 1. The van der Waals surface area contributed by atoms with Crippen molar-refractivity contribution in [2.75, 3.05) is 6.54 Å². The van der Waals surface area contributed by atoms with Gasteiger partial charge in [0.25, 0.3) is 0 Å². The van der Waals surface area contributed by atoms with Crippen LogP contribution in [0.1, 0.15) is 50.6 Å². The first kappa shape index (κ1) is 23.6. The number of aromatic amines is 1. The van der Waals surface area contributed by atoms with Gasteiger partial charge in [-0.1, -0.05) is 61.4 Å². The van der Waals surface area contributed by atoms with Crippen molar-refractivity contribution in [1.29, 1.82) is 0 Å². The number of ketones is 1. The smallest absolute Gasteiger partial charge is 0.243 e. The summed E-state index contributed by atoms with van der Waals surface area (Å²) in [6, 6.07) is 22.3. The van der Waals surface area contributed by atoms with Crippen LogP contribution in [0.2, 0.25) is 0 Å². The normalized spacial score (nSPS) is 12.0. The Morgan fingerprint density at radius 2 is 1.65 bits per heavy atom. The highest BCUT2D eigenvalue weighted by molar-refractivity contribution is 5.91. The van der Waals surface area contributed by atoms with E-state index in [0.717, 1.165) is 48.9 Å². The minimum Gasteiger partial charge on any atom is -0.354 e. The molecule has 0 aliphatic heterocycles. The van der Waals surface area contributed by atoms with Gasteiger partial charge in [0, 0.05) is 42.0 Å². The van der Waals surface area contributed by atoms with Crippen LogP contribution in [0.5, 0.6) is 0 Å². The minimum atomic E-state index is -0.233. The number of hydrogen-bond donors (Lipinski definition) is 2. The molecule has 0 bridgehead atoms. The Hall–Kier alpha value is -3.60. The zero-order chi connectivity index (χ0) is 23.8. The summed E-state index contributed by atoms with van der Waals surface area (Å²) >= 11 is 0. The highest BCUT2D eigenvalue weighted by Crippen LogP contribution is 2.30. The van der Waals surface area contributed by atoms with Gasteiger partial charge in [-0.25, -0.2) is 0 Å². The maximum Gasteiger partial charge on any atom is 0.243 e. The Labute approximate surface area is 201 Å². The molecule has 0 spiro atoms. The van der Waals surface area contributed by atoms with Crippen molar-refractivity contribution in [3.8, 4) is 11.3 Å². The first-order valence-corrected chi connectivity index (χ1v) is 12.2. The molecule has 4 rings (SSSR count). The molecule has 0 radical (unpaired) electrons. The number of H-pyrrole nitrogens is 1. The first-order valence-electron chi connectivity index (χ1n) is 12.2. The van der Waals surface area contributed by atoms with Crippen molar-refractivity contribution < 1.29 is 9.59 Å². The fourth-order valence-electron chi connectivity index (χ4n) is 4.60. The van der Waals surface area contributed by atoms with E-state index < -0.39 is 0 Å². The van der Waals surface area contributed by atoms with E-state index in [2.05, 4.69) is 40.6 Å². The number of unbranched alkanes of at least 4 members (excludes halogenated alkanes) is 2. The Morgan fingerprint density at radius 1 is 0.912 bits per heavy atom. The van der Waals surface area contributed by atoms with Gasteiger partial charge in [-0.15, -0.1) is 0 Å². The number of fused-ring (bicyclic) bond motifs is 1. The van der Waals surface area contributed by atoms with E-state index in [-0.39, 0.29) is 17.7 Å². The summed E-state index contributed by atoms with van der Waals surface area (Å²) < 4.78 is 1.99. The van der Waals surface area contributed by atoms with E-state index in [9.17, 15) is 9.59 Å². The molecule has 2 aromatic carbocycles. The third kappa shape index (κ3) is 5.84. The fourth-order valence-corrected chi connectivity index (χ4v) is 4.60. The van der Waals surface area contributed by atoms with Crippen molar-refractivity contribution in [1.82, 2.24) is 14.9 Å². The first-order chi connectivity index (χ1) is 16.6. The number of hydrogen-bond acceptors (Lipinski definition) is 2. The second kappa shape index (κ2) is 11.5. The lowest BCUT2D eigenvalue weighted by Crippen LogP contribution is -2.33. The molecule has 34 heavy (non-hydrogen) atoms. The molecule has 1 amide bonds. The number of nitrogens with zero attached hydrogens (tertiary/aromatic N) is 1. The van der Waals surface area contributed by atoms with Crippen molar-refractivity contribution in [2.45, 2.75) is 51.5 Å². The molecule has 0 unspecified atom stereocenters. The van der Waals surface area contributed by atoms with Gasteiger partial charge in [0.15, 0.2) is 0 Å². The van der Waals surface area contributed by atoms with Crippen LogP contribution in [-0.4, -0.2) is 27.8 Å². The second-order valence-electron chi connectivity index (χ2n) is 8.88. The lowest BCUT2D eigenvalue weighted by atomic mass is 10.0. The van der Waals surface area contributed by atoms with Crippen LogP contribution in [0.4, 0.5) is 0 Å². The summed E-state index contributed by atoms with van der Waals surface area (Å²) in [6.07, 6.45) is 8.80. The molecule has 0 saturated heterocycles. The van der Waals surface area contributed by atoms with E-state index >= 15 is 0 Å². The van der Waals surface area contributed by atoms with Gasteiger partial charge in [-0.2, -0.15) is 0 Å². The van der Waals surface area contributed by atoms with Crippen LogP contribution in [0.15, 0.2) is 79.1 Å². The predicted octanol–water partition coefficient (Wildman–Crippen LogP) is 6.08. The van der Waals surface area contributed by atoms with Crippen LogP contribution in [0.3, 0.4) is 0 Å². The zero-order valence-corrected chi connectivity index (χ0v) is 19.8. The molecule has 2 N–H and O–H groups in total. The number of carbonyl (C=O) groups excluding carboxylic acids is 2. The number of carbonyl (C=O) groups is 2. The number of aromatic nitrogens is 2. The van der Waals surface area contributed by atoms with Crippen molar-refractivity contribution in [2.24, 2.45) is 0 Å². The lowest BCUT2D eigenvalue weighted by molar-refractivity contribution is -0.124. The molecular weight excluding hydrogens is 422 g/mol. The molecular formula is C29H33N3O2. The van der Waals surface area contributed by atoms with E-state index in [0.29, 0.717) is 13.0 Å². The van der Waals surface area contributed by atoms with Gasteiger partial charge in [0.05, 0.1) is 0 Å². The Kier molecular flexibility index (Phi) is 7.97. The SMILES string of the molecule is CC(=O)CCCCC[C@@H](C(=O)NCCc1c(-c2ccccc2)[nH]c2ccccc12)n1cccc1. The van der Waals surface area contributed by atoms with Gasteiger partial charge in [0.2, 0.25) is 5.91 Å². The lowest BCUT2D eigenvalue weighted by Gasteiger charge is -2.19. The molecule has 176 valence electrons. The molecule has 2 aromatic heterocycles. The number of benzene rings is 2. The zero-order valence-electron chi connectivity index (χ0n) is 19.8. The Balaban J connectivity index is 1.42. The Bertz CT molecular complexity index is 1210. The maximum atomic E-state index is 13.2. The number of nitrogens with one attached hydrogen (secondary N) is 2. The Morgan fingerprint density at radius 3 is 2.41 bits per heavy atom. The molecule has 5 heteroatoms. The van der Waals surface area contributed by atoms with Gasteiger partial charge >= 0.3 is 0 Å². The third-order valence-electron chi connectivity index (χ3n) is 6.35. The van der Waals surface area contributed by atoms with Gasteiger partial charge in [-0.3, -0.25) is 4.79 Å². The predicted molar refractivity (Wildman–Crippen MR) is 138 cm³/mol. The summed E-state index contributed by atoms with van der Waals surface area (Å²) in [5.41, 5.74) is 4.60. The second-order valence-corrected chi connectivity index (χ2v) is 8.88. The van der Waals surface area contributed by atoms with Crippen LogP contribution in [-0.2, 0) is 16.0 Å². The van der Waals surface area contributed by atoms with Crippen LogP contribution < -0.4 is 5.32 Å². The van der Waals surface area contributed by atoms with Crippen molar-refractivity contribution >= 4 is 22.6 Å². The third-order valence-corrected chi connectivity index (χ3v) is 6.35. The van der Waals surface area contributed by atoms with Gasteiger partial charge < -0.3 is 19.7 Å². The highest BCUT2D eigenvalue weighted by Gasteiger charge is 2.20. The average Bonchev–Trinajstić information content (AvgIpc) is 3.50. The molecule has 0 fully saturated rings. The molecule has 0 aliphatic rings.